The van der Waals surface area contributed by atoms with Crippen molar-refractivity contribution in [2.24, 2.45) is 35.5 Å². The van der Waals surface area contributed by atoms with Crippen LogP contribution in [0.3, 0.4) is 0 Å². The molecule has 0 N–H and O–H groups in total. The van der Waals surface area contributed by atoms with E-state index in [0.717, 1.165) is 62.0 Å². The average molecular weight is 495 g/mol. The quantitative estimate of drug-likeness (QED) is 0.171. The van der Waals surface area contributed by atoms with Crippen molar-refractivity contribution in [3.05, 3.63) is 41.7 Å². The first kappa shape index (κ1) is 26.2. The van der Waals surface area contributed by atoms with Crippen molar-refractivity contribution in [2.45, 2.75) is 90.1 Å². The van der Waals surface area contributed by atoms with Gasteiger partial charge >= 0.3 is 12.1 Å². The number of allylic oxidation sites excluding steroid dienone is 2. The molecular weight excluding hydrogens is 456 g/mol. The molecule has 4 unspecified atom stereocenters. The Hall–Kier alpha value is -1.85. The molecule has 3 aliphatic rings. The van der Waals surface area contributed by atoms with Gasteiger partial charge < -0.3 is 4.74 Å². The van der Waals surface area contributed by atoms with Gasteiger partial charge in [-0.15, -0.1) is 0 Å². The van der Waals surface area contributed by atoms with E-state index in [-0.39, 0.29) is 11.8 Å². The topological polar surface area (TPSA) is 26.3 Å². The van der Waals surface area contributed by atoms with E-state index in [9.17, 15) is 22.4 Å². The van der Waals surface area contributed by atoms with E-state index in [1.807, 2.05) is 0 Å². The Bertz CT molecular complexity index is 885. The smallest absolute Gasteiger partial charge is 0.416 e. The van der Waals surface area contributed by atoms with Gasteiger partial charge in [-0.2, -0.15) is 13.2 Å². The summed E-state index contributed by atoms with van der Waals surface area (Å²) < 4.78 is 58.0. The maximum atomic E-state index is 14.2. The highest BCUT2D eigenvalue weighted by Gasteiger charge is 2.43. The van der Waals surface area contributed by atoms with E-state index in [4.69, 9.17) is 4.74 Å². The molecule has 0 amide bonds. The van der Waals surface area contributed by atoms with Crippen molar-refractivity contribution in [2.75, 3.05) is 0 Å². The lowest BCUT2D eigenvalue weighted by Crippen LogP contribution is -2.40. The molecule has 3 saturated carbocycles. The van der Waals surface area contributed by atoms with Crippen molar-refractivity contribution in [3.63, 3.8) is 0 Å². The van der Waals surface area contributed by atoms with Gasteiger partial charge in [-0.05, 0) is 106 Å². The van der Waals surface area contributed by atoms with Crippen molar-refractivity contribution in [3.8, 4) is 5.75 Å². The first-order valence-corrected chi connectivity index (χ1v) is 13.5. The highest BCUT2D eigenvalue weighted by Crippen LogP contribution is 2.50. The minimum absolute atomic E-state index is 0.238. The van der Waals surface area contributed by atoms with Crippen LogP contribution in [0.15, 0.2) is 30.4 Å². The Kier molecular flexibility index (Phi) is 8.59. The van der Waals surface area contributed by atoms with E-state index in [2.05, 4.69) is 19.1 Å². The largest absolute Gasteiger partial charge is 0.423 e. The first-order valence-electron chi connectivity index (χ1n) is 13.5. The number of carbonyl (C=O) groups excluding carboxylic acids is 1. The molecule has 194 valence electrons. The molecule has 0 radical (unpaired) electrons. The summed E-state index contributed by atoms with van der Waals surface area (Å²) in [4.78, 5) is 13.0. The molecule has 35 heavy (non-hydrogen) atoms. The van der Waals surface area contributed by atoms with Crippen LogP contribution in [-0.4, -0.2) is 5.97 Å². The summed E-state index contributed by atoms with van der Waals surface area (Å²) in [6, 6.07) is 2.07. The van der Waals surface area contributed by atoms with Gasteiger partial charge in [0, 0.05) is 0 Å². The summed E-state index contributed by atoms with van der Waals surface area (Å²) >= 11 is 0. The lowest BCUT2D eigenvalue weighted by atomic mass is 9.59. The zero-order chi connectivity index (χ0) is 25.0. The van der Waals surface area contributed by atoms with Crippen LogP contribution in [0.5, 0.6) is 5.75 Å². The number of fused-ring (bicyclic) bond motifs is 1. The zero-order valence-electron chi connectivity index (χ0n) is 20.7. The fraction of sp³-hybridized carbons (Fsp3) is 0.690. The van der Waals surface area contributed by atoms with E-state index >= 15 is 0 Å². The van der Waals surface area contributed by atoms with Gasteiger partial charge in [0.25, 0.3) is 0 Å². The van der Waals surface area contributed by atoms with Gasteiger partial charge in [0.15, 0.2) is 11.6 Å². The highest BCUT2D eigenvalue weighted by atomic mass is 19.4. The maximum Gasteiger partial charge on any atom is 0.416 e. The van der Waals surface area contributed by atoms with Crippen molar-refractivity contribution >= 4 is 5.97 Å². The number of benzene rings is 1. The Morgan fingerprint density at radius 3 is 2.43 bits per heavy atom. The fourth-order valence-electron chi connectivity index (χ4n) is 7.11. The molecule has 0 aromatic heterocycles. The average Bonchev–Trinajstić information content (AvgIpc) is 2.84. The van der Waals surface area contributed by atoms with Crippen LogP contribution in [0.25, 0.3) is 0 Å². The number of ether oxygens (including phenoxy) is 1. The summed E-state index contributed by atoms with van der Waals surface area (Å²) in [6.07, 6.45) is 13.6. The van der Waals surface area contributed by atoms with Crippen molar-refractivity contribution < 1.29 is 27.1 Å². The number of hydrogen-bond acceptors (Lipinski definition) is 2. The normalized spacial score (nSPS) is 31.8. The maximum absolute atomic E-state index is 14.2. The van der Waals surface area contributed by atoms with Crippen LogP contribution >= 0.6 is 0 Å². The Labute approximate surface area is 206 Å². The number of hydrogen-bond donors (Lipinski definition) is 0. The van der Waals surface area contributed by atoms with Gasteiger partial charge in [-0.3, -0.25) is 4.79 Å². The molecule has 3 aliphatic carbocycles. The molecule has 6 heteroatoms. The summed E-state index contributed by atoms with van der Waals surface area (Å²) in [5, 5.41) is 0. The van der Waals surface area contributed by atoms with Crippen LogP contribution in [0, 0.1) is 41.3 Å². The van der Waals surface area contributed by atoms with Gasteiger partial charge in [-0.1, -0.05) is 37.8 Å². The second-order valence-corrected chi connectivity index (χ2v) is 11.0. The predicted molar refractivity (Wildman–Crippen MR) is 128 cm³/mol. The van der Waals surface area contributed by atoms with Crippen molar-refractivity contribution in [1.82, 2.24) is 0 Å². The lowest BCUT2D eigenvalue weighted by molar-refractivity contribution is -0.144. The standard InChI is InChI=1S/C29H38F4O2/c1-2-3-4-6-19-9-11-20(12-10-19)21-13-15-24-22(17-21)7-5-8-25(24)28(34)35-27-16-14-23(18-26(27)30)29(31,32)33/h2-3,14,16,18-22,24-25H,4-13,15,17H2,1H3/b3-2+. The molecule has 2 nitrogen and oxygen atoms in total. The Morgan fingerprint density at radius 1 is 1.00 bits per heavy atom. The summed E-state index contributed by atoms with van der Waals surface area (Å²) in [7, 11) is 0. The first-order chi connectivity index (χ1) is 16.8. The third kappa shape index (κ3) is 6.48. The number of rotatable bonds is 6. The molecule has 0 spiro atoms. The zero-order valence-corrected chi connectivity index (χ0v) is 20.7. The van der Waals surface area contributed by atoms with E-state index in [0.29, 0.717) is 18.4 Å². The molecule has 3 fully saturated rings. The van der Waals surface area contributed by atoms with Gasteiger partial charge in [0.05, 0.1) is 11.5 Å². The molecule has 4 rings (SSSR count). The fourth-order valence-corrected chi connectivity index (χ4v) is 7.11. The molecule has 1 aromatic rings. The Morgan fingerprint density at radius 2 is 1.74 bits per heavy atom. The SMILES string of the molecule is C/C=C/CCC1CCC(C2CCC3C(CCCC3C(=O)Oc3ccc(C(F)(F)F)cc3F)C2)CC1. The third-order valence-electron chi connectivity index (χ3n) is 9.00. The molecular formula is C29H38F4O2. The number of esters is 1. The van der Waals surface area contributed by atoms with E-state index < -0.39 is 29.3 Å². The Balaban J connectivity index is 1.31. The van der Waals surface area contributed by atoms with Crippen LogP contribution in [0.2, 0.25) is 0 Å². The molecule has 1 aromatic carbocycles. The number of halogens is 4. The van der Waals surface area contributed by atoms with E-state index in [1.54, 1.807) is 0 Å². The number of alkyl halides is 3. The van der Waals surface area contributed by atoms with Crippen LogP contribution in [0.1, 0.15) is 89.5 Å². The van der Waals surface area contributed by atoms with Crippen LogP contribution in [-0.2, 0) is 11.0 Å². The molecule has 0 saturated heterocycles. The second kappa shape index (κ2) is 11.5. The number of carbonyl (C=O) groups is 1. The lowest BCUT2D eigenvalue weighted by Gasteiger charge is -2.46. The van der Waals surface area contributed by atoms with E-state index in [1.165, 1.54) is 38.5 Å². The highest BCUT2D eigenvalue weighted by molar-refractivity contribution is 5.75. The summed E-state index contributed by atoms with van der Waals surface area (Å²) in [6.45, 7) is 2.08. The second-order valence-electron chi connectivity index (χ2n) is 11.0. The third-order valence-corrected chi connectivity index (χ3v) is 9.00. The molecule has 0 heterocycles. The minimum Gasteiger partial charge on any atom is -0.423 e. The minimum atomic E-state index is -4.63. The summed E-state index contributed by atoms with van der Waals surface area (Å²) in [5.74, 6) is 0.774. The van der Waals surface area contributed by atoms with Gasteiger partial charge in [-0.25, -0.2) is 4.39 Å². The van der Waals surface area contributed by atoms with Crippen molar-refractivity contribution in [1.29, 1.82) is 0 Å². The molecule has 0 bridgehead atoms. The molecule has 4 atom stereocenters. The monoisotopic (exact) mass is 494 g/mol. The molecule has 0 aliphatic heterocycles. The van der Waals surface area contributed by atoms with Gasteiger partial charge in [0.2, 0.25) is 0 Å². The van der Waals surface area contributed by atoms with Crippen LogP contribution < -0.4 is 4.74 Å². The van der Waals surface area contributed by atoms with Crippen LogP contribution in [0.4, 0.5) is 17.6 Å². The summed E-state index contributed by atoms with van der Waals surface area (Å²) in [5.41, 5.74) is -1.09. The predicted octanol–water partition coefficient (Wildman–Crippen LogP) is 8.75. The van der Waals surface area contributed by atoms with Gasteiger partial charge in [0.1, 0.15) is 0 Å².